The van der Waals surface area contributed by atoms with Crippen LogP contribution in [-0.2, 0) is 4.79 Å². The summed E-state index contributed by atoms with van der Waals surface area (Å²) in [6.45, 7) is 0. The molecule has 0 radical (unpaired) electrons. The fourth-order valence-corrected chi connectivity index (χ4v) is 3.16. The van der Waals surface area contributed by atoms with Crippen molar-refractivity contribution in [2.45, 2.75) is 5.22 Å². The number of ether oxygens (including phenoxy) is 1. The van der Waals surface area contributed by atoms with Gasteiger partial charge < -0.3 is 9.15 Å². The Morgan fingerprint density at radius 3 is 2.60 bits per heavy atom. The molecule has 150 valence electrons. The Balaban J connectivity index is 1.35. The number of aromatic nitrogens is 4. The zero-order valence-corrected chi connectivity index (χ0v) is 16.8. The summed E-state index contributed by atoms with van der Waals surface area (Å²) in [5.41, 5.74) is 2.45. The number of nitrogens with zero attached hydrogens (tertiary/aromatic N) is 4. The lowest BCUT2D eigenvalue weighted by Gasteiger charge is -2.05. The van der Waals surface area contributed by atoms with Crippen molar-refractivity contribution in [2.24, 2.45) is 0 Å². The van der Waals surface area contributed by atoms with Crippen LogP contribution in [0.3, 0.4) is 0 Å². The topological polar surface area (TPSA) is 103 Å². The van der Waals surface area contributed by atoms with E-state index in [0.717, 1.165) is 34.3 Å². The summed E-state index contributed by atoms with van der Waals surface area (Å²) in [6.07, 6.45) is 1.61. The number of benzene rings is 2. The molecule has 0 aliphatic carbocycles. The third kappa shape index (κ3) is 4.81. The molecule has 2 heterocycles. The van der Waals surface area contributed by atoms with E-state index in [-0.39, 0.29) is 17.6 Å². The second-order valence-corrected chi connectivity index (χ2v) is 7.00. The van der Waals surface area contributed by atoms with Gasteiger partial charge in [0.05, 0.1) is 18.6 Å². The van der Waals surface area contributed by atoms with Gasteiger partial charge in [0.25, 0.3) is 5.22 Å². The molecule has 4 aromatic rings. The van der Waals surface area contributed by atoms with Crippen LogP contribution < -0.4 is 10.1 Å². The summed E-state index contributed by atoms with van der Waals surface area (Å²) in [6, 6.07) is 18.7. The van der Waals surface area contributed by atoms with Gasteiger partial charge in [-0.15, -0.1) is 10.2 Å². The maximum atomic E-state index is 12.3. The van der Waals surface area contributed by atoms with Gasteiger partial charge in [0.15, 0.2) is 0 Å². The average Bonchev–Trinajstić information content (AvgIpc) is 3.28. The maximum Gasteiger partial charge on any atom is 0.277 e. The maximum absolute atomic E-state index is 12.3. The minimum absolute atomic E-state index is 0.0865. The number of hydrogen-bond donors (Lipinski definition) is 1. The quantitative estimate of drug-likeness (QED) is 0.450. The normalized spacial score (nSPS) is 10.6. The number of carbonyl (C=O) groups excluding carboxylic acids is 1. The molecular formula is C21H17N5O3S. The minimum Gasteiger partial charge on any atom is -0.497 e. The number of carbonyl (C=O) groups is 1. The van der Waals surface area contributed by atoms with Crippen molar-refractivity contribution < 1.29 is 13.9 Å². The molecule has 2 aromatic carbocycles. The lowest BCUT2D eigenvalue weighted by atomic mass is 10.1. The van der Waals surface area contributed by atoms with Crippen molar-refractivity contribution in [3.63, 3.8) is 0 Å². The smallest absolute Gasteiger partial charge is 0.277 e. The molecule has 30 heavy (non-hydrogen) atoms. The summed E-state index contributed by atoms with van der Waals surface area (Å²) >= 11 is 1.14. The third-order valence-electron chi connectivity index (χ3n) is 4.05. The van der Waals surface area contributed by atoms with Crippen molar-refractivity contribution in [1.82, 2.24) is 20.2 Å². The van der Waals surface area contributed by atoms with Gasteiger partial charge in [-0.2, -0.15) is 0 Å². The van der Waals surface area contributed by atoms with E-state index in [1.165, 1.54) is 0 Å². The molecule has 0 fully saturated rings. The second kappa shape index (κ2) is 9.19. The Kier molecular flexibility index (Phi) is 6.00. The van der Waals surface area contributed by atoms with E-state index in [0.29, 0.717) is 11.1 Å². The number of hydrogen-bond acceptors (Lipinski definition) is 8. The fourth-order valence-electron chi connectivity index (χ4n) is 2.60. The minimum atomic E-state index is -0.269. The van der Waals surface area contributed by atoms with Crippen molar-refractivity contribution in [3.8, 4) is 28.5 Å². The van der Waals surface area contributed by atoms with Gasteiger partial charge in [-0.05, 0) is 30.3 Å². The van der Waals surface area contributed by atoms with Crippen LogP contribution >= 0.6 is 11.8 Å². The number of amides is 1. The first-order valence-corrected chi connectivity index (χ1v) is 9.99. The van der Waals surface area contributed by atoms with Gasteiger partial charge in [-0.1, -0.05) is 42.1 Å². The van der Waals surface area contributed by atoms with Crippen LogP contribution in [0.4, 0.5) is 5.95 Å². The Hall–Kier alpha value is -3.72. The monoisotopic (exact) mass is 419 g/mol. The van der Waals surface area contributed by atoms with E-state index in [2.05, 4.69) is 25.5 Å². The van der Waals surface area contributed by atoms with Crippen LogP contribution in [0.2, 0.25) is 0 Å². The van der Waals surface area contributed by atoms with Crippen molar-refractivity contribution in [2.75, 3.05) is 18.2 Å². The molecule has 1 amide bonds. The molecule has 0 saturated heterocycles. The lowest BCUT2D eigenvalue weighted by molar-refractivity contribution is -0.113. The molecule has 9 heteroatoms. The average molecular weight is 419 g/mol. The van der Waals surface area contributed by atoms with E-state index in [1.54, 1.807) is 19.4 Å². The summed E-state index contributed by atoms with van der Waals surface area (Å²) < 4.78 is 10.7. The van der Waals surface area contributed by atoms with Crippen molar-refractivity contribution in [3.05, 3.63) is 66.9 Å². The Morgan fingerprint density at radius 1 is 1.03 bits per heavy atom. The zero-order valence-electron chi connectivity index (χ0n) is 16.0. The first-order valence-electron chi connectivity index (χ1n) is 9.00. The van der Waals surface area contributed by atoms with E-state index in [1.807, 2.05) is 54.6 Å². The predicted octanol–water partition coefficient (Wildman–Crippen LogP) is 3.93. The largest absolute Gasteiger partial charge is 0.497 e. The molecule has 8 nitrogen and oxygen atoms in total. The van der Waals surface area contributed by atoms with Crippen LogP contribution in [0.5, 0.6) is 5.75 Å². The van der Waals surface area contributed by atoms with Gasteiger partial charge in [0, 0.05) is 17.3 Å². The molecule has 0 unspecified atom stereocenters. The standard InChI is InChI=1S/C21H17N5O3S/c1-28-16-9-7-15(8-10-16)19-25-26-21(29-19)30-13-18(27)24-20-22-12-11-17(23-20)14-5-3-2-4-6-14/h2-12H,13H2,1H3,(H,22,23,24,27). The highest BCUT2D eigenvalue weighted by Crippen LogP contribution is 2.25. The van der Waals surface area contributed by atoms with Gasteiger partial charge in [0.1, 0.15) is 5.75 Å². The second-order valence-electron chi connectivity index (χ2n) is 6.07. The van der Waals surface area contributed by atoms with E-state index in [4.69, 9.17) is 9.15 Å². The molecule has 0 aliphatic heterocycles. The van der Waals surface area contributed by atoms with E-state index >= 15 is 0 Å². The van der Waals surface area contributed by atoms with Gasteiger partial charge >= 0.3 is 0 Å². The number of thioether (sulfide) groups is 1. The van der Waals surface area contributed by atoms with Gasteiger partial charge in [-0.25, -0.2) is 9.97 Å². The molecule has 0 atom stereocenters. The van der Waals surface area contributed by atoms with Gasteiger partial charge in [0.2, 0.25) is 17.7 Å². The molecule has 0 spiro atoms. The fraction of sp³-hybridized carbons (Fsp3) is 0.0952. The SMILES string of the molecule is COc1ccc(-c2nnc(SCC(=O)Nc3nccc(-c4ccccc4)n3)o2)cc1. The van der Waals surface area contributed by atoms with Crippen LogP contribution in [0.1, 0.15) is 0 Å². The highest BCUT2D eigenvalue weighted by Gasteiger charge is 2.12. The lowest BCUT2D eigenvalue weighted by Crippen LogP contribution is -2.16. The number of methoxy groups -OCH3 is 1. The van der Waals surface area contributed by atoms with Crippen LogP contribution in [0, 0.1) is 0 Å². The third-order valence-corrected chi connectivity index (χ3v) is 4.86. The molecule has 4 rings (SSSR count). The number of rotatable bonds is 7. The number of anilines is 1. The summed E-state index contributed by atoms with van der Waals surface area (Å²) in [5.74, 6) is 1.17. The Morgan fingerprint density at radius 2 is 1.83 bits per heavy atom. The van der Waals surface area contributed by atoms with E-state index < -0.39 is 0 Å². The van der Waals surface area contributed by atoms with Crippen molar-refractivity contribution in [1.29, 1.82) is 0 Å². The van der Waals surface area contributed by atoms with E-state index in [9.17, 15) is 4.79 Å². The first-order chi connectivity index (χ1) is 14.7. The molecule has 0 saturated carbocycles. The summed E-state index contributed by atoms with van der Waals surface area (Å²) in [5, 5.41) is 11.0. The Bertz CT molecular complexity index is 1130. The van der Waals surface area contributed by atoms with Crippen LogP contribution in [0.25, 0.3) is 22.7 Å². The van der Waals surface area contributed by atoms with Gasteiger partial charge in [-0.3, -0.25) is 10.1 Å². The first kappa shape index (κ1) is 19.6. The molecule has 0 bridgehead atoms. The van der Waals surface area contributed by atoms with Crippen LogP contribution in [0.15, 0.2) is 76.5 Å². The summed E-state index contributed by atoms with van der Waals surface area (Å²) in [4.78, 5) is 20.8. The highest BCUT2D eigenvalue weighted by atomic mass is 32.2. The van der Waals surface area contributed by atoms with Crippen molar-refractivity contribution >= 4 is 23.6 Å². The molecule has 2 aromatic heterocycles. The highest BCUT2D eigenvalue weighted by molar-refractivity contribution is 7.99. The predicted molar refractivity (Wildman–Crippen MR) is 113 cm³/mol. The number of nitrogens with one attached hydrogen (secondary N) is 1. The molecule has 1 N–H and O–H groups in total. The Labute approximate surface area is 176 Å². The van der Waals surface area contributed by atoms with Crippen LogP contribution in [-0.4, -0.2) is 38.9 Å². The molecule has 0 aliphatic rings. The summed E-state index contributed by atoms with van der Waals surface area (Å²) in [7, 11) is 1.60. The zero-order chi connectivity index (χ0) is 20.8. The molecular weight excluding hydrogens is 402 g/mol.